The molecular weight excluding hydrogens is 458 g/mol. The second kappa shape index (κ2) is 13.8. The first kappa shape index (κ1) is 26.7. The van der Waals surface area contributed by atoms with Gasteiger partial charge in [-0.2, -0.15) is 0 Å². The minimum Gasteiger partial charge on any atom is -0.497 e. The average molecular weight is 492 g/mol. The molecule has 3 amide bonds. The van der Waals surface area contributed by atoms with Crippen molar-refractivity contribution in [3.05, 3.63) is 71.3 Å². The van der Waals surface area contributed by atoms with E-state index in [0.717, 1.165) is 42.4 Å². The van der Waals surface area contributed by atoms with Crippen LogP contribution in [-0.4, -0.2) is 42.6 Å². The Hall–Kier alpha value is -3.91. The lowest BCUT2D eigenvalue weighted by atomic mass is 10.0. The third kappa shape index (κ3) is 9.03. The summed E-state index contributed by atoms with van der Waals surface area (Å²) >= 11 is 0. The van der Waals surface area contributed by atoms with Gasteiger partial charge in [-0.3, -0.25) is 19.6 Å². The molecule has 2 aromatic carbocycles. The van der Waals surface area contributed by atoms with Gasteiger partial charge in [-0.15, -0.1) is 0 Å². The Morgan fingerprint density at radius 2 is 1.78 bits per heavy atom. The Kier molecular flexibility index (Phi) is 10.3. The molecule has 8 heteroatoms. The molecule has 2 aromatic rings. The minimum atomic E-state index is -0.401. The fourth-order valence-electron chi connectivity index (χ4n) is 3.52. The number of nitrogens with one attached hydrogen (secondary N) is 3. The van der Waals surface area contributed by atoms with E-state index in [1.807, 2.05) is 54.6 Å². The van der Waals surface area contributed by atoms with Gasteiger partial charge in [0, 0.05) is 30.7 Å². The molecule has 1 saturated carbocycles. The second-order valence-corrected chi connectivity index (χ2v) is 8.67. The van der Waals surface area contributed by atoms with Gasteiger partial charge in [0.15, 0.2) is 0 Å². The Morgan fingerprint density at radius 3 is 2.47 bits per heavy atom. The maximum Gasteiger partial charge on any atom is 0.252 e. The molecular formula is C28H33N3O5. The van der Waals surface area contributed by atoms with Crippen LogP contribution < -0.4 is 20.9 Å². The van der Waals surface area contributed by atoms with Gasteiger partial charge in [-0.05, 0) is 66.7 Å². The lowest BCUT2D eigenvalue weighted by Crippen LogP contribution is -2.26. The zero-order chi connectivity index (χ0) is 25.8. The quantitative estimate of drug-likeness (QED) is 0.112. The molecule has 0 aliphatic heterocycles. The molecule has 0 saturated heterocycles. The third-order valence-electron chi connectivity index (χ3n) is 5.72. The number of hydroxylamine groups is 1. The number of carbonyl (C=O) groups is 3. The number of carbonyl (C=O) groups excluding carboxylic acids is 3. The highest BCUT2D eigenvalue weighted by atomic mass is 16.5. The van der Waals surface area contributed by atoms with Gasteiger partial charge >= 0.3 is 0 Å². The molecule has 3 rings (SSSR count). The summed E-state index contributed by atoms with van der Waals surface area (Å²) in [4.78, 5) is 35.9. The van der Waals surface area contributed by atoms with Crippen LogP contribution in [0.3, 0.4) is 0 Å². The zero-order valence-corrected chi connectivity index (χ0v) is 20.5. The van der Waals surface area contributed by atoms with E-state index in [2.05, 4.69) is 10.6 Å². The van der Waals surface area contributed by atoms with E-state index in [9.17, 15) is 14.4 Å². The molecule has 0 atom stereocenters. The van der Waals surface area contributed by atoms with Crippen molar-refractivity contribution >= 4 is 35.4 Å². The molecule has 0 spiro atoms. The van der Waals surface area contributed by atoms with Gasteiger partial charge in [0.1, 0.15) is 5.75 Å². The van der Waals surface area contributed by atoms with Gasteiger partial charge < -0.3 is 15.4 Å². The van der Waals surface area contributed by atoms with Crippen LogP contribution in [0.15, 0.2) is 54.6 Å². The smallest absolute Gasteiger partial charge is 0.252 e. The standard InChI is InChI=1S/C28H33N3O5/c1-36-24-7-5-6-22(19-24)25(28(34)30-23-14-15-23)18-21-11-9-20(10-12-21)13-16-26(32)29-17-4-2-3-8-27(33)31-35/h5-7,9-13,16,18-19,23,35H,2-4,8,14-15,17H2,1H3,(H,29,32)(H,30,34)(H,31,33)/b16-13+,25-18+. The maximum absolute atomic E-state index is 12.9. The topological polar surface area (TPSA) is 117 Å². The lowest BCUT2D eigenvalue weighted by molar-refractivity contribution is -0.129. The summed E-state index contributed by atoms with van der Waals surface area (Å²) in [5.41, 5.74) is 4.69. The van der Waals surface area contributed by atoms with Gasteiger partial charge in [0.25, 0.3) is 5.91 Å². The van der Waals surface area contributed by atoms with Crippen LogP contribution in [0.2, 0.25) is 0 Å². The molecule has 1 fully saturated rings. The van der Waals surface area contributed by atoms with E-state index in [-0.39, 0.29) is 24.3 Å². The van der Waals surface area contributed by atoms with Gasteiger partial charge in [-0.25, -0.2) is 5.48 Å². The van der Waals surface area contributed by atoms with Crippen molar-refractivity contribution in [3.63, 3.8) is 0 Å². The van der Waals surface area contributed by atoms with Crippen LogP contribution in [0.1, 0.15) is 55.2 Å². The Morgan fingerprint density at radius 1 is 1.03 bits per heavy atom. The molecule has 1 aliphatic carbocycles. The minimum absolute atomic E-state index is 0.108. The molecule has 0 aromatic heterocycles. The number of rotatable bonds is 13. The highest BCUT2D eigenvalue weighted by Crippen LogP contribution is 2.26. The summed E-state index contributed by atoms with van der Waals surface area (Å²) in [5.74, 6) is -0.0146. The summed E-state index contributed by atoms with van der Waals surface area (Å²) in [6.07, 6.45) is 9.54. The summed E-state index contributed by atoms with van der Waals surface area (Å²) in [5, 5.41) is 14.3. The maximum atomic E-state index is 12.9. The average Bonchev–Trinajstić information content (AvgIpc) is 3.72. The third-order valence-corrected chi connectivity index (χ3v) is 5.72. The first-order valence-electron chi connectivity index (χ1n) is 12.1. The Balaban J connectivity index is 1.57. The van der Waals surface area contributed by atoms with E-state index in [1.165, 1.54) is 6.08 Å². The normalized spacial score (nSPS) is 13.3. The van der Waals surface area contributed by atoms with Crippen molar-refractivity contribution in [2.45, 2.75) is 44.6 Å². The molecule has 36 heavy (non-hydrogen) atoms. The summed E-state index contributed by atoms with van der Waals surface area (Å²) in [6.45, 7) is 0.517. The molecule has 8 nitrogen and oxygen atoms in total. The molecule has 0 heterocycles. The number of hydrogen-bond acceptors (Lipinski definition) is 5. The zero-order valence-electron chi connectivity index (χ0n) is 20.5. The molecule has 0 bridgehead atoms. The van der Waals surface area contributed by atoms with E-state index in [4.69, 9.17) is 9.94 Å². The van der Waals surface area contributed by atoms with E-state index in [1.54, 1.807) is 18.7 Å². The van der Waals surface area contributed by atoms with E-state index in [0.29, 0.717) is 24.3 Å². The molecule has 0 radical (unpaired) electrons. The molecule has 190 valence electrons. The van der Waals surface area contributed by atoms with Crippen LogP contribution in [0, 0.1) is 0 Å². The number of unbranched alkanes of at least 4 members (excludes halogenated alkanes) is 2. The van der Waals surface area contributed by atoms with Crippen LogP contribution in [-0.2, 0) is 14.4 Å². The van der Waals surface area contributed by atoms with Crippen molar-refractivity contribution in [2.75, 3.05) is 13.7 Å². The van der Waals surface area contributed by atoms with Crippen LogP contribution in [0.25, 0.3) is 17.7 Å². The van der Waals surface area contributed by atoms with Crippen molar-refractivity contribution in [1.82, 2.24) is 16.1 Å². The fraction of sp³-hybridized carbons (Fsp3) is 0.321. The first-order valence-corrected chi connectivity index (χ1v) is 12.1. The number of benzene rings is 2. The highest BCUT2D eigenvalue weighted by molar-refractivity contribution is 6.24. The predicted octanol–water partition coefficient (Wildman–Crippen LogP) is 3.71. The van der Waals surface area contributed by atoms with Crippen molar-refractivity contribution in [2.24, 2.45) is 0 Å². The predicted molar refractivity (Wildman–Crippen MR) is 139 cm³/mol. The number of methoxy groups -OCH3 is 1. The lowest BCUT2D eigenvalue weighted by Gasteiger charge is -2.10. The number of ether oxygens (including phenoxy) is 1. The van der Waals surface area contributed by atoms with Gasteiger partial charge in [-0.1, -0.05) is 42.8 Å². The van der Waals surface area contributed by atoms with Crippen molar-refractivity contribution < 1.29 is 24.3 Å². The number of hydrogen-bond donors (Lipinski definition) is 4. The SMILES string of the molecule is COc1cccc(/C(=C\c2ccc(/C=C/C(=O)NCCCCCC(=O)NO)cc2)C(=O)NC2CC2)c1. The largest absolute Gasteiger partial charge is 0.497 e. The summed E-state index contributed by atoms with van der Waals surface area (Å²) < 4.78 is 5.32. The fourth-order valence-corrected chi connectivity index (χ4v) is 3.52. The highest BCUT2D eigenvalue weighted by Gasteiger charge is 2.25. The van der Waals surface area contributed by atoms with Crippen LogP contribution in [0.4, 0.5) is 0 Å². The number of amides is 3. The first-order chi connectivity index (χ1) is 17.5. The summed E-state index contributed by atoms with van der Waals surface area (Å²) in [7, 11) is 1.60. The molecule has 1 aliphatic rings. The van der Waals surface area contributed by atoms with Gasteiger partial charge in [0.05, 0.1) is 7.11 Å². The molecule has 4 N–H and O–H groups in total. The Labute approximate surface area is 211 Å². The summed E-state index contributed by atoms with van der Waals surface area (Å²) in [6, 6.07) is 15.3. The van der Waals surface area contributed by atoms with Crippen molar-refractivity contribution in [1.29, 1.82) is 0 Å². The monoisotopic (exact) mass is 491 g/mol. The van der Waals surface area contributed by atoms with E-state index >= 15 is 0 Å². The Bertz CT molecular complexity index is 1100. The van der Waals surface area contributed by atoms with Crippen LogP contribution >= 0.6 is 0 Å². The second-order valence-electron chi connectivity index (χ2n) is 8.67. The van der Waals surface area contributed by atoms with Gasteiger partial charge in [0.2, 0.25) is 11.8 Å². The van der Waals surface area contributed by atoms with Crippen molar-refractivity contribution in [3.8, 4) is 5.75 Å². The van der Waals surface area contributed by atoms with E-state index < -0.39 is 5.91 Å². The molecule has 0 unspecified atom stereocenters. The van der Waals surface area contributed by atoms with Crippen LogP contribution in [0.5, 0.6) is 5.75 Å².